The lowest BCUT2D eigenvalue weighted by Gasteiger charge is -2.37. The third-order valence-electron chi connectivity index (χ3n) is 6.10. The van der Waals surface area contributed by atoms with Crippen LogP contribution in [-0.2, 0) is 9.53 Å². The lowest BCUT2D eigenvalue weighted by molar-refractivity contribution is -0.136. The molecule has 0 radical (unpaired) electrons. The maximum Gasteiger partial charge on any atom is 0.222 e. The summed E-state index contributed by atoms with van der Waals surface area (Å²) in [5.41, 5.74) is 0. The number of hydrogen-bond acceptors (Lipinski definition) is 3. The summed E-state index contributed by atoms with van der Waals surface area (Å²) in [7, 11) is 0. The molecule has 4 nitrogen and oxygen atoms in total. The van der Waals surface area contributed by atoms with Crippen molar-refractivity contribution < 1.29 is 9.53 Å². The summed E-state index contributed by atoms with van der Waals surface area (Å²) in [5.74, 6) is 1.91. The van der Waals surface area contributed by atoms with E-state index in [2.05, 4.69) is 17.1 Å². The summed E-state index contributed by atoms with van der Waals surface area (Å²) >= 11 is 0. The number of nitrogens with zero attached hydrogens (tertiary/aromatic N) is 1. The van der Waals surface area contributed by atoms with Crippen molar-refractivity contribution in [3.05, 3.63) is 0 Å². The molecule has 2 unspecified atom stereocenters. The first kappa shape index (κ1) is 20.0. The normalized spacial score (nSPS) is 33.2. The molecule has 0 aromatic carbocycles. The van der Waals surface area contributed by atoms with Crippen LogP contribution in [0.1, 0.15) is 64.7 Å². The Morgan fingerprint density at radius 1 is 1.17 bits per heavy atom. The lowest BCUT2D eigenvalue weighted by atomic mass is 9.86. The zero-order valence-electron chi connectivity index (χ0n) is 15.2. The molecule has 2 saturated heterocycles. The second-order valence-electron chi connectivity index (χ2n) is 7.99. The smallest absolute Gasteiger partial charge is 0.222 e. The highest BCUT2D eigenvalue weighted by Gasteiger charge is 2.31. The SMILES string of the molecule is CC1CCC(N(CC2CCCO2)C(=O)CCC2CCNC2)CC1.Cl. The highest BCUT2D eigenvalue weighted by atomic mass is 35.5. The van der Waals surface area contributed by atoms with Crippen LogP contribution < -0.4 is 5.32 Å². The van der Waals surface area contributed by atoms with Gasteiger partial charge in [0.25, 0.3) is 0 Å². The molecule has 0 aromatic heterocycles. The fourth-order valence-electron chi connectivity index (χ4n) is 4.45. The van der Waals surface area contributed by atoms with Crippen LogP contribution in [0.5, 0.6) is 0 Å². The zero-order chi connectivity index (χ0) is 16.1. The zero-order valence-corrected chi connectivity index (χ0v) is 16.0. The Kier molecular flexibility index (Phi) is 8.32. The van der Waals surface area contributed by atoms with Crippen LogP contribution in [0.25, 0.3) is 0 Å². The maximum absolute atomic E-state index is 12.9. The van der Waals surface area contributed by atoms with Crippen LogP contribution >= 0.6 is 12.4 Å². The van der Waals surface area contributed by atoms with Gasteiger partial charge in [-0.15, -0.1) is 12.4 Å². The number of rotatable bonds is 6. The topological polar surface area (TPSA) is 41.6 Å². The van der Waals surface area contributed by atoms with Gasteiger partial charge in [-0.2, -0.15) is 0 Å². The summed E-state index contributed by atoms with van der Waals surface area (Å²) < 4.78 is 5.82. The minimum absolute atomic E-state index is 0. The van der Waals surface area contributed by atoms with Gasteiger partial charge in [0.1, 0.15) is 0 Å². The van der Waals surface area contributed by atoms with E-state index in [1.54, 1.807) is 0 Å². The Morgan fingerprint density at radius 2 is 1.96 bits per heavy atom. The predicted octanol–water partition coefficient (Wildman–Crippen LogP) is 3.38. The summed E-state index contributed by atoms with van der Waals surface area (Å²) in [6.07, 6.45) is 10.5. The van der Waals surface area contributed by atoms with Gasteiger partial charge >= 0.3 is 0 Å². The summed E-state index contributed by atoms with van der Waals surface area (Å²) in [6.45, 7) is 6.28. The molecule has 5 heteroatoms. The van der Waals surface area contributed by atoms with Crippen LogP contribution in [0, 0.1) is 11.8 Å². The maximum atomic E-state index is 12.9. The number of halogens is 1. The quantitative estimate of drug-likeness (QED) is 0.791. The van der Waals surface area contributed by atoms with E-state index < -0.39 is 0 Å². The van der Waals surface area contributed by atoms with Crippen molar-refractivity contribution in [2.45, 2.75) is 76.9 Å². The highest BCUT2D eigenvalue weighted by Crippen LogP contribution is 2.29. The van der Waals surface area contributed by atoms with Gasteiger partial charge < -0.3 is 15.0 Å². The van der Waals surface area contributed by atoms with Gasteiger partial charge in [-0.05, 0) is 76.3 Å². The Balaban J connectivity index is 0.00000208. The number of hydrogen-bond donors (Lipinski definition) is 1. The average molecular weight is 359 g/mol. The van der Waals surface area contributed by atoms with Gasteiger partial charge in [0.15, 0.2) is 0 Å². The number of carbonyl (C=O) groups excluding carboxylic acids is 1. The van der Waals surface area contributed by atoms with E-state index in [1.807, 2.05) is 0 Å². The van der Waals surface area contributed by atoms with Crippen molar-refractivity contribution in [3.63, 3.8) is 0 Å². The number of amides is 1. The van der Waals surface area contributed by atoms with Crippen molar-refractivity contribution in [3.8, 4) is 0 Å². The lowest BCUT2D eigenvalue weighted by Crippen LogP contribution is -2.46. The third-order valence-corrected chi connectivity index (χ3v) is 6.10. The summed E-state index contributed by atoms with van der Waals surface area (Å²) in [6, 6.07) is 0.463. The van der Waals surface area contributed by atoms with Crippen molar-refractivity contribution in [1.29, 1.82) is 0 Å². The standard InChI is InChI=1S/C19H34N2O2.ClH/c1-15-4-7-17(8-5-15)21(14-18-3-2-12-23-18)19(22)9-6-16-10-11-20-13-16;/h15-18,20H,2-14H2,1H3;1H. The monoisotopic (exact) mass is 358 g/mol. The Labute approximate surface area is 153 Å². The van der Waals surface area contributed by atoms with E-state index in [4.69, 9.17) is 4.74 Å². The fraction of sp³-hybridized carbons (Fsp3) is 0.947. The van der Waals surface area contributed by atoms with Crippen molar-refractivity contribution in [2.24, 2.45) is 11.8 Å². The first-order valence-electron chi connectivity index (χ1n) is 9.84. The van der Waals surface area contributed by atoms with Crippen LogP contribution in [-0.4, -0.2) is 49.2 Å². The molecule has 2 heterocycles. The van der Waals surface area contributed by atoms with Crippen molar-refractivity contribution in [1.82, 2.24) is 10.2 Å². The fourth-order valence-corrected chi connectivity index (χ4v) is 4.45. The van der Waals surface area contributed by atoms with E-state index in [-0.39, 0.29) is 18.5 Å². The second kappa shape index (κ2) is 9.98. The number of ether oxygens (including phenoxy) is 1. The molecule has 140 valence electrons. The molecule has 2 aliphatic heterocycles. The Bertz CT molecular complexity index is 374. The Morgan fingerprint density at radius 3 is 2.58 bits per heavy atom. The van der Waals surface area contributed by atoms with Gasteiger partial charge in [-0.1, -0.05) is 6.92 Å². The van der Waals surface area contributed by atoms with Gasteiger partial charge in [-0.3, -0.25) is 4.79 Å². The molecule has 1 N–H and O–H groups in total. The highest BCUT2D eigenvalue weighted by molar-refractivity contribution is 5.85. The summed E-state index contributed by atoms with van der Waals surface area (Å²) in [5, 5.41) is 3.41. The Hall–Kier alpha value is -0.320. The van der Waals surface area contributed by atoms with Crippen LogP contribution in [0.4, 0.5) is 0 Å². The molecule has 0 aromatic rings. The predicted molar refractivity (Wildman–Crippen MR) is 99.6 cm³/mol. The third kappa shape index (κ3) is 5.60. The van der Waals surface area contributed by atoms with Crippen LogP contribution in [0.15, 0.2) is 0 Å². The largest absolute Gasteiger partial charge is 0.376 e. The molecule has 3 fully saturated rings. The van der Waals surface area contributed by atoms with E-state index in [9.17, 15) is 4.79 Å². The van der Waals surface area contributed by atoms with E-state index >= 15 is 0 Å². The summed E-state index contributed by atoms with van der Waals surface area (Å²) in [4.78, 5) is 15.1. The second-order valence-corrected chi connectivity index (χ2v) is 7.99. The molecule has 24 heavy (non-hydrogen) atoms. The molecular weight excluding hydrogens is 324 g/mol. The minimum Gasteiger partial charge on any atom is -0.376 e. The molecular formula is C19H35ClN2O2. The first-order chi connectivity index (χ1) is 11.2. The molecule has 3 rings (SSSR count). The first-order valence-corrected chi connectivity index (χ1v) is 9.84. The molecule has 1 saturated carbocycles. The van der Waals surface area contributed by atoms with E-state index in [1.165, 1.54) is 32.1 Å². The van der Waals surface area contributed by atoms with E-state index in [0.29, 0.717) is 17.9 Å². The van der Waals surface area contributed by atoms with Crippen molar-refractivity contribution >= 4 is 18.3 Å². The van der Waals surface area contributed by atoms with Crippen molar-refractivity contribution in [2.75, 3.05) is 26.2 Å². The molecule has 0 bridgehead atoms. The van der Waals surface area contributed by atoms with E-state index in [0.717, 1.165) is 57.8 Å². The minimum atomic E-state index is 0. The van der Waals surface area contributed by atoms with Gasteiger partial charge in [-0.25, -0.2) is 0 Å². The molecule has 0 spiro atoms. The number of nitrogens with one attached hydrogen (secondary N) is 1. The molecule has 1 amide bonds. The molecule has 3 aliphatic rings. The molecule has 1 aliphatic carbocycles. The van der Waals surface area contributed by atoms with Gasteiger partial charge in [0.05, 0.1) is 6.10 Å². The van der Waals surface area contributed by atoms with Crippen LogP contribution in [0.2, 0.25) is 0 Å². The average Bonchev–Trinajstić information content (AvgIpc) is 3.25. The molecule has 2 atom stereocenters. The van der Waals surface area contributed by atoms with Gasteiger partial charge in [0.2, 0.25) is 5.91 Å². The number of carbonyl (C=O) groups is 1. The van der Waals surface area contributed by atoms with Gasteiger partial charge in [0, 0.05) is 25.6 Å². The van der Waals surface area contributed by atoms with Crippen LogP contribution in [0.3, 0.4) is 0 Å².